The molecule has 2 heteroatoms. The number of aryl methyl sites for hydroxylation is 1. The summed E-state index contributed by atoms with van der Waals surface area (Å²) < 4.78 is 0. The maximum absolute atomic E-state index is 6.08. The van der Waals surface area contributed by atoms with E-state index < -0.39 is 0 Å². The SMILES string of the molecule is C=CCCCCCNc1cc(C)ccc1Cl. The Balaban J connectivity index is 2.26. The van der Waals surface area contributed by atoms with Gasteiger partial charge in [0.25, 0.3) is 0 Å². The second-order valence-electron chi connectivity index (χ2n) is 4.05. The molecule has 0 saturated heterocycles. The van der Waals surface area contributed by atoms with E-state index in [0.717, 1.165) is 23.7 Å². The zero-order valence-corrected chi connectivity index (χ0v) is 10.7. The molecule has 0 aliphatic rings. The van der Waals surface area contributed by atoms with E-state index in [4.69, 9.17) is 11.6 Å². The van der Waals surface area contributed by atoms with E-state index in [1.807, 2.05) is 18.2 Å². The van der Waals surface area contributed by atoms with Crippen LogP contribution in [0.25, 0.3) is 0 Å². The van der Waals surface area contributed by atoms with Crippen LogP contribution < -0.4 is 5.32 Å². The molecule has 0 aliphatic carbocycles. The van der Waals surface area contributed by atoms with Gasteiger partial charge < -0.3 is 5.32 Å². The predicted molar refractivity (Wildman–Crippen MR) is 73.3 cm³/mol. The minimum atomic E-state index is 0.802. The van der Waals surface area contributed by atoms with Crippen LogP contribution in [0.15, 0.2) is 30.9 Å². The first-order valence-electron chi connectivity index (χ1n) is 5.85. The van der Waals surface area contributed by atoms with Gasteiger partial charge in [0.1, 0.15) is 0 Å². The van der Waals surface area contributed by atoms with Crippen LogP contribution >= 0.6 is 11.6 Å². The molecule has 0 amide bonds. The standard InChI is InChI=1S/C14H20ClN/c1-3-4-5-6-7-10-16-14-11-12(2)8-9-13(14)15/h3,8-9,11,16H,1,4-7,10H2,2H3. The zero-order chi connectivity index (χ0) is 11.8. The summed E-state index contributed by atoms with van der Waals surface area (Å²) in [5.74, 6) is 0. The van der Waals surface area contributed by atoms with Gasteiger partial charge in [-0.15, -0.1) is 6.58 Å². The Morgan fingerprint density at radius 1 is 1.31 bits per heavy atom. The topological polar surface area (TPSA) is 12.0 Å². The average Bonchev–Trinajstić information content (AvgIpc) is 2.28. The number of nitrogens with one attached hydrogen (secondary N) is 1. The molecule has 88 valence electrons. The molecule has 1 aromatic carbocycles. The van der Waals surface area contributed by atoms with Gasteiger partial charge in [-0.05, 0) is 43.9 Å². The third-order valence-electron chi connectivity index (χ3n) is 2.52. The third-order valence-corrected chi connectivity index (χ3v) is 2.85. The van der Waals surface area contributed by atoms with Crippen LogP contribution in [0.1, 0.15) is 31.2 Å². The lowest BCUT2D eigenvalue weighted by molar-refractivity contribution is 0.709. The fraction of sp³-hybridized carbons (Fsp3) is 0.429. The second-order valence-corrected chi connectivity index (χ2v) is 4.46. The van der Waals surface area contributed by atoms with E-state index in [9.17, 15) is 0 Å². The number of halogens is 1. The summed E-state index contributed by atoms with van der Waals surface area (Å²) in [6.45, 7) is 6.78. The van der Waals surface area contributed by atoms with Crippen LogP contribution in [0, 0.1) is 6.92 Å². The highest BCUT2D eigenvalue weighted by atomic mass is 35.5. The molecule has 1 rings (SSSR count). The summed E-state index contributed by atoms with van der Waals surface area (Å²) in [5.41, 5.74) is 2.28. The lowest BCUT2D eigenvalue weighted by Gasteiger charge is -2.08. The van der Waals surface area contributed by atoms with Crippen molar-refractivity contribution >= 4 is 17.3 Å². The van der Waals surface area contributed by atoms with E-state index in [1.165, 1.54) is 24.8 Å². The van der Waals surface area contributed by atoms with E-state index in [0.29, 0.717) is 0 Å². The highest BCUT2D eigenvalue weighted by Crippen LogP contribution is 2.22. The maximum atomic E-state index is 6.08. The Morgan fingerprint density at radius 2 is 2.12 bits per heavy atom. The molecule has 0 aromatic heterocycles. The quantitative estimate of drug-likeness (QED) is 0.530. The second kappa shape index (κ2) is 7.34. The molecule has 0 saturated carbocycles. The number of hydrogen-bond acceptors (Lipinski definition) is 1. The summed E-state index contributed by atoms with van der Waals surface area (Å²) in [7, 11) is 0. The van der Waals surface area contributed by atoms with Crippen LogP contribution in [-0.4, -0.2) is 6.54 Å². The van der Waals surface area contributed by atoms with Gasteiger partial charge in [-0.2, -0.15) is 0 Å². The largest absolute Gasteiger partial charge is 0.384 e. The molecule has 0 bridgehead atoms. The molecule has 1 N–H and O–H groups in total. The van der Waals surface area contributed by atoms with Gasteiger partial charge in [-0.25, -0.2) is 0 Å². The van der Waals surface area contributed by atoms with Crippen molar-refractivity contribution in [2.75, 3.05) is 11.9 Å². The first-order chi connectivity index (χ1) is 7.74. The number of unbranched alkanes of at least 4 members (excludes halogenated alkanes) is 3. The molecular formula is C14H20ClN. The van der Waals surface area contributed by atoms with Gasteiger partial charge in [0, 0.05) is 6.54 Å². The van der Waals surface area contributed by atoms with Crippen molar-refractivity contribution < 1.29 is 0 Å². The lowest BCUT2D eigenvalue weighted by atomic mass is 10.2. The average molecular weight is 238 g/mol. The van der Waals surface area contributed by atoms with Gasteiger partial charge >= 0.3 is 0 Å². The van der Waals surface area contributed by atoms with Crippen LogP contribution in [0.4, 0.5) is 5.69 Å². The molecule has 0 atom stereocenters. The zero-order valence-electron chi connectivity index (χ0n) is 9.93. The highest BCUT2D eigenvalue weighted by Gasteiger charge is 1.98. The first-order valence-corrected chi connectivity index (χ1v) is 6.23. The number of hydrogen-bond donors (Lipinski definition) is 1. The fourth-order valence-electron chi connectivity index (χ4n) is 1.59. The molecule has 1 nitrogen and oxygen atoms in total. The Morgan fingerprint density at radius 3 is 2.88 bits per heavy atom. The van der Waals surface area contributed by atoms with Gasteiger partial charge in [0.2, 0.25) is 0 Å². The summed E-state index contributed by atoms with van der Waals surface area (Å²) in [6.07, 6.45) is 6.74. The van der Waals surface area contributed by atoms with Gasteiger partial charge in [-0.3, -0.25) is 0 Å². The summed E-state index contributed by atoms with van der Waals surface area (Å²) in [4.78, 5) is 0. The monoisotopic (exact) mass is 237 g/mol. The van der Waals surface area contributed by atoms with Gasteiger partial charge in [0.15, 0.2) is 0 Å². The number of anilines is 1. The minimum absolute atomic E-state index is 0.802. The normalized spacial score (nSPS) is 10.1. The predicted octanol–water partition coefficient (Wildman–Crippen LogP) is 4.81. The van der Waals surface area contributed by atoms with Crippen molar-refractivity contribution in [3.63, 3.8) is 0 Å². The molecule has 0 unspecified atom stereocenters. The molecule has 0 heterocycles. The third kappa shape index (κ3) is 4.71. The van der Waals surface area contributed by atoms with Crippen molar-refractivity contribution in [2.24, 2.45) is 0 Å². The van der Waals surface area contributed by atoms with Gasteiger partial charge in [0.05, 0.1) is 10.7 Å². The highest BCUT2D eigenvalue weighted by molar-refractivity contribution is 6.33. The smallest absolute Gasteiger partial charge is 0.0637 e. The first kappa shape index (κ1) is 13.1. The van der Waals surface area contributed by atoms with E-state index in [1.54, 1.807) is 0 Å². The molecule has 0 radical (unpaired) electrons. The van der Waals surface area contributed by atoms with E-state index >= 15 is 0 Å². The summed E-state index contributed by atoms with van der Waals surface area (Å²) in [5, 5.41) is 4.18. The summed E-state index contributed by atoms with van der Waals surface area (Å²) >= 11 is 6.08. The van der Waals surface area contributed by atoms with Crippen molar-refractivity contribution in [1.82, 2.24) is 0 Å². The van der Waals surface area contributed by atoms with Crippen molar-refractivity contribution in [2.45, 2.75) is 32.6 Å². The molecular weight excluding hydrogens is 218 g/mol. The van der Waals surface area contributed by atoms with Crippen LogP contribution in [0.3, 0.4) is 0 Å². The Labute approximate surface area is 104 Å². The Bertz CT molecular complexity index is 334. The number of rotatable bonds is 7. The fourth-order valence-corrected chi connectivity index (χ4v) is 1.77. The van der Waals surface area contributed by atoms with Crippen LogP contribution in [0.2, 0.25) is 5.02 Å². The van der Waals surface area contributed by atoms with E-state index in [-0.39, 0.29) is 0 Å². The van der Waals surface area contributed by atoms with Crippen molar-refractivity contribution in [3.05, 3.63) is 41.4 Å². The number of allylic oxidation sites excluding steroid dienone is 1. The summed E-state index contributed by atoms with van der Waals surface area (Å²) in [6, 6.07) is 6.06. The molecule has 0 spiro atoms. The molecule has 0 aliphatic heterocycles. The van der Waals surface area contributed by atoms with Crippen LogP contribution in [0.5, 0.6) is 0 Å². The Hall–Kier alpha value is -0.950. The van der Waals surface area contributed by atoms with Gasteiger partial charge in [-0.1, -0.05) is 30.2 Å². The Kier molecular flexibility index (Phi) is 6.02. The molecule has 16 heavy (non-hydrogen) atoms. The number of benzene rings is 1. The maximum Gasteiger partial charge on any atom is 0.0637 e. The lowest BCUT2D eigenvalue weighted by Crippen LogP contribution is -2.02. The van der Waals surface area contributed by atoms with E-state index in [2.05, 4.69) is 24.9 Å². The van der Waals surface area contributed by atoms with Crippen LogP contribution in [-0.2, 0) is 0 Å². The molecule has 0 fully saturated rings. The van der Waals surface area contributed by atoms with Crippen molar-refractivity contribution in [3.8, 4) is 0 Å². The van der Waals surface area contributed by atoms with Crippen molar-refractivity contribution in [1.29, 1.82) is 0 Å². The molecule has 1 aromatic rings. The minimum Gasteiger partial charge on any atom is -0.384 e.